The zero-order valence-electron chi connectivity index (χ0n) is 13.0. The van der Waals surface area contributed by atoms with E-state index in [1.165, 1.54) is 0 Å². The topological polar surface area (TPSA) is 97.4 Å². The Hall–Kier alpha value is -1.34. The molecule has 0 bridgehead atoms. The average Bonchev–Trinajstić information content (AvgIpc) is 2.45. The third kappa shape index (κ3) is 4.35. The number of carbonyl (C=O) groups excluding carboxylic acids is 1. The molecule has 0 radical (unpaired) electrons. The summed E-state index contributed by atoms with van der Waals surface area (Å²) < 4.78 is 10.1. The fourth-order valence-corrected chi connectivity index (χ4v) is 1.91. The summed E-state index contributed by atoms with van der Waals surface area (Å²) in [6, 6.07) is -0.125. The van der Waals surface area contributed by atoms with Gasteiger partial charge >= 0.3 is 0 Å². The van der Waals surface area contributed by atoms with E-state index in [1.54, 1.807) is 26.0 Å². The van der Waals surface area contributed by atoms with Crippen LogP contribution in [0.1, 0.15) is 27.2 Å². The molecule has 2 atom stereocenters. The molecule has 0 fully saturated rings. The molecular formula is C13H27N3O4. The Morgan fingerprint density at radius 1 is 1.45 bits per heavy atom. The highest BCUT2D eigenvalue weighted by Gasteiger charge is 2.40. The lowest BCUT2D eigenvalue weighted by atomic mass is 9.84. The number of nitrogens with two attached hydrogens (primary N) is 1. The lowest BCUT2D eigenvalue weighted by Gasteiger charge is -2.36. The van der Waals surface area contributed by atoms with E-state index in [1.807, 2.05) is 13.8 Å². The van der Waals surface area contributed by atoms with Gasteiger partial charge < -0.3 is 25.3 Å². The van der Waals surface area contributed by atoms with Crippen LogP contribution in [0.5, 0.6) is 0 Å². The third-order valence-corrected chi connectivity index (χ3v) is 3.59. The van der Waals surface area contributed by atoms with Crippen molar-refractivity contribution in [3.63, 3.8) is 0 Å². The summed E-state index contributed by atoms with van der Waals surface area (Å²) in [6.07, 6.45) is 0.435. The Morgan fingerprint density at radius 3 is 2.45 bits per heavy atom. The Bertz CT molecular complexity index is 336. The van der Waals surface area contributed by atoms with Gasteiger partial charge in [0.2, 0.25) is 5.91 Å². The first-order valence-electron chi connectivity index (χ1n) is 6.65. The smallest absolute Gasteiger partial charge is 0.236 e. The van der Waals surface area contributed by atoms with Crippen molar-refractivity contribution in [1.82, 2.24) is 4.90 Å². The van der Waals surface area contributed by atoms with Gasteiger partial charge in [0.15, 0.2) is 5.84 Å². The average molecular weight is 289 g/mol. The Balaban J connectivity index is 5.27. The molecule has 3 N–H and O–H groups in total. The first-order chi connectivity index (χ1) is 9.38. The van der Waals surface area contributed by atoms with Crippen molar-refractivity contribution >= 4 is 11.7 Å². The van der Waals surface area contributed by atoms with Crippen LogP contribution in [0, 0.1) is 5.41 Å². The first-order valence-corrected chi connectivity index (χ1v) is 6.65. The fourth-order valence-electron chi connectivity index (χ4n) is 1.91. The number of methoxy groups -OCH3 is 2. The summed E-state index contributed by atoms with van der Waals surface area (Å²) in [5.41, 5.74) is 4.66. The summed E-state index contributed by atoms with van der Waals surface area (Å²) in [5, 5.41) is 11.9. The molecule has 0 aromatic heterocycles. The molecule has 0 aliphatic rings. The Morgan fingerprint density at radius 2 is 2.05 bits per heavy atom. The minimum absolute atomic E-state index is 0.0861. The summed E-state index contributed by atoms with van der Waals surface area (Å²) in [7, 11) is 3.16. The number of hydrogen-bond donors (Lipinski definition) is 2. The van der Waals surface area contributed by atoms with Gasteiger partial charge in [0.1, 0.15) is 5.41 Å². The van der Waals surface area contributed by atoms with Crippen molar-refractivity contribution in [3.8, 4) is 0 Å². The van der Waals surface area contributed by atoms with Crippen LogP contribution in [-0.2, 0) is 14.3 Å². The minimum atomic E-state index is -1.04. The molecule has 1 amide bonds. The number of amides is 1. The summed E-state index contributed by atoms with van der Waals surface area (Å²) in [4.78, 5) is 14.4. The highest BCUT2D eigenvalue weighted by Crippen LogP contribution is 2.25. The van der Waals surface area contributed by atoms with E-state index >= 15 is 0 Å². The molecule has 0 aromatic carbocycles. The fraction of sp³-hybridized carbons (Fsp3) is 0.846. The number of hydrogen-bond acceptors (Lipinski definition) is 5. The van der Waals surface area contributed by atoms with Crippen LogP contribution in [0.3, 0.4) is 0 Å². The molecule has 0 rings (SSSR count). The van der Waals surface area contributed by atoms with Crippen molar-refractivity contribution in [1.29, 1.82) is 0 Å². The van der Waals surface area contributed by atoms with E-state index in [4.69, 9.17) is 20.4 Å². The van der Waals surface area contributed by atoms with Gasteiger partial charge in [0.25, 0.3) is 0 Å². The molecule has 0 heterocycles. The van der Waals surface area contributed by atoms with E-state index in [-0.39, 0.29) is 17.8 Å². The summed E-state index contributed by atoms with van der Waals surface area (Å²) in [5.74, 6) is -0.283. The molecule has 0 saturated heterocycles. The molecule has 0 aliphatic carbocycles. The van der Waals surface area contributed by atoms with Crippen LogP contribution in [0.4, 0.5) is 0 Å². The number of oxime groups is 1. The largest absolute Gasteiger partial charge is 0.409 e. The number of carbonyl (C=O) groups is 1. The molecule has 118 valence electrons. The molecule has 7 heteroatoms. The Labute approximate surface area is 120 Å². The summed E-state index contributed by atoms with van der Waals surface area (Å²) in [6.45, 7) is 6.63. The monoisotopic (exact) mass is 289 g/mol. The molecular weight excluding hydrogens is 262 g/mol. The zero-order valence-corrected chi connectivity index (χ0v) is 13.0. The van der Waals surface area contributed by atoms with Gasteiger partial charge in [-0.15, -0.1) is 0 Å². The normalized spacial score (nSPS) is 16.6. The molecule has 0 saturated carbocycles. The molecule has 2 unspecified atom stereocenters. The van der Waals surface area contributed by atoms with E-state index in [0.29, 0.717) is 26.2 Å². The maximum absolute atomic E-state index is 12.8. The van der Waals surface area contributed by atoms with Gasteiger partial charge in [-0.25, -0.2) is 0 Å². The van der Waals surface area contributed by atoms with Gasteiger partial charge in [0, 0.05) is 20.8 Å². The lowest BCUT2D eigenvalue weighted by Crippen LogP contribution is -2.53. The van der Waals surface area contributed by atoms with Crippen molar-refractivity contribution < 1.29 is 19.5 Å². The van der Waals surface area contributed by atoms with Crippen LogP contribution in [0.2, 0.25) is 0 Å². The molecule has 0 aliphatic heterocycles. The van der Waals surface area contributed by atoms with Gasteiger partial charge in [-0.1, -0.05) is 12.1 Å². The highest BCUT2D eigenvalue weighted by atomic mass is 16.5. The first kappa shape index (κ1) is 18.7. The van der Waals surface area contributed by atoms with Crippen molar-refractivity contribution in [2.75, 3.05) is 34.0 Å². The second-order valence-corrected chi connectivity index (χ2v) is 4.97. The van der Waals surface area contributed by atoms with E-state index < -0.39 is 5.41 Å². The second-order valence-electron chi connectivity index (χ2n) is 4.97. The predicted octanol–water partition coefficient (Wildman–Crippen LogP) is 0.659. The lowest BCUT2D eigenvalue weighted by molar-refractivity contribution is -0.141. The van der Waals surface area contributed by atoms with E-state index in [2.05, 4.69) is 5.16 Å². The van der Waals surface area contributed by atoms with Crippen LogP contribution >= 0.6 is 0 Å². The van der Waals surface area contributed by atoms with Crippen molar-refractivity contribution in [2.24, 2.45) is 16.3 Å². The van der Waals surface area contributed by atoms with Gasteiger partial charge in [0.05, 0.1) is 19.3 Å². The number of amidine groups is 1. The molecule has 0 aromatic rings. The maximum atomic E-state index is 12.8. The van der Waals surface area contributed by atoms with Crippen molar-refractivity contribution in [2.45, 2.75) is 33.2 Å². The van der Waals surface area contributed by atoms with Gasteiger partial charge in [-0.2, -0.15) is 0 Å². The quantitative estimate of drug-likeness (QED) is 0.281. The van der Waals surface area contributed by atoms with Gasteiger partial charge in [-0.3, -0.25) is 4.79 Å². The number of ether oxygens (including phenoxy) is 2. The highest BCUT2D eigenvalue weighted by molar-refractivity contribution is 6.06. The Kier molecular flexibility index (Phi) is 8.17. The standard InChI is InChI=1S/C13H27N3O4/c1-6-13(3,11(14)15-18)12(17)16(7-8-19-4)10(2)9-20-5/h10,18H,6-9H2,1-5H3,(H2,14,15). The van der Waals surface area contributed by atoms with Crippen LogP contribution in [0.25, 0.3) is 0 Å². The second kappa shape index (κ2) is 8.76. The van der Waals surface area contributed by atoms with E-state index in [9.17, 15) is 4.79 Å². The number of nitrogens with zero attached hydrogens (tertiary/aromatic N) is 2. The van der Waals surface area contributed by atoms with E-state index in [0.717, 1.165) is 0 Å². The molecule has 0 spiro atoms. The van der Waals surface area contributed by atoms with Crippen LogP contribution in [-0.4, -0.2) is 61.9 Å². The molecule has 20 heavy (non-hydrogen) atoms. The van der Waals surface area contributed by atoms with Crippen molar-refractivity contribution in [3.05, 3.63) is 0 Å². The number of rotatable bonds is 9. The molecule has 7 nitrogen and oxygen atoms in total. The predicted molar refractivity (Wildman–Crippen MR) is 76.7 cm³/mol. The van der Waals surface area contributed by atoms with Gasteiger partial charge in [-0.05, 0) is 20.3 Å². The van der Waals surface area contributed by atoms with Crippen LogP contribution in [0.15, 0.2) is 5.16 Å². The summed E-state index contributed by atoms with van der Waals surface area (Å²) >= 11 is 0. The third-order valence-electron chi connectivity index (χ3n) is 3.59. The zero-order chi connectivity index (χ0) is 15.8. The SMILES string of the molecule is CCC(C)(C(=O)N(CCOC)C(C)COC)C(N)=NO. The minimum Gasteiger partial charge on any atom is -0.409 e. The van der Waals surface area contributed by atoms with Crippen LogP contribution < -0.4 is 5.73 Å². The maximum Gasteiger partial charge on any atom is 0.236 e.